The molecular weight excluding hydrogens is 496 g/mol. The third-order valence-electron chi connectivity index (χ3n) is 5.83. The zero-order valence-corrected chi connectivity index (χ0v) is 23.3. The van der Waals surface area contributed by atoms with Crippen LogP contribution in [0.1, 0.15) is 109 Å². The minimum Gasteiger partial charge on any atom is -0.483 e. The number of thiocarbonyl (C=S) groups is 1. The normalized spacial score (nSPS) is 10.8. The van der Waals surface area contributed by atoms with E-state index in [0.29, 0.717) is 10.9 Å². The first-order valence-electron chi connectivity index (χ1n) is 13.1. The number of hydrogen-bond acceptors (Lipinski definition) is 3. The molecule has 1 aromatic rings. The largest absolute Gasteiger partial charge is 0.483 e. The van der Waals surface area contributed by atoms with Gasteiger partial charge in [0.2, 0.25) is 0 Å². The van der Waals surface area contributed by atoms with Crippen molar-refractivity contribution < 1.29 is 9.53 Å². The number of unbranched alkanes of at least 4 members (excludes halogenated alkanes) is 13. The molecule has 0 aliphatic carbocycles. The number of nitrogens with one attached hydrogen (secondary N) is 2. The molecule has 188 valence electrons. The molecule has 0 fully saturated rings. The second-order valence-corrected chi connectivity index (χ2v) is 10.1. The maximum Gasteiger partial charge on any atom is 0.264 e. The molecule has 1 rings (SSSR count). The number of halogens is 1. The molecule has 1 amide bonds. The van der Waals surface area contributed by atoms with Crippen LogP contribution in [-0.4, -0.2) is 24.2 Å². The van der Waals surface area contributed by atoms with Crippen molar-refractivity contribution in [2.75, 3.05) is 13.2 Å². The predicted molar refractivity (Wildman–Crippen MR) is 148 cm³/mol. The van der Waals surface area contributed by atoms with Gasteiger partial charge in [0.05, 0.1) is 4.47 Å². The van der Waals surface area contributed by atoms with Crippen LogP contribution < -0.4 is 15.4 Å². The van der Waals surface area contributed by atoms with E-state index in [-0.39, 0.29) is 12.5 Å². The standard InChI is InChI=1S/C27H45BrN2O2S/c1-3-5-6-7-8-9-10-11-12-13-14-15-16-17-20-29-27(33)30-26(31)22-32-25-19-18-23(4-2)21-24(25)28/h18-19,21H,3-17,20,22H2,1-2H3,(H2,29,30,31,33). The van der Waals surface area contributed by atoms with E-state index in [1.54, 1.807) is 0 Å². The molecule has 2 N–H and O–H groups in total. The van der Waals surface area contributed by atoms with Crippen molar-refractivity contribution >= 4 is 39.2 Å². The Morgan fingerprint density at radius 2 is 1.42 bits per heavy atom. The molecule has 6 heteroatoms. The van der Waals surface area contributed by atoms with Crippen LogP contribution >= 0.6 is 28.1 Å². The summed E-state index contributed by atoms with van der Waals surface area (Å²) in [5, 5.41) is 6.17. The van der Waals surface area contributed by atoms with Gasteiger partial charge in [-0.3, -0.25) is 4.79 Å². The van der Waals surface area contributed by atoms with Gasteiger partial charge in [0, 0.05) is 6.54 Å². The van der Waals surface area contributed by atoms with Crippen molar-refractivity contribution in [3.63, 3.8) is 0 Å². The lowest BCUT2D eigenvalue weighted by molar-refractivity contribution is -0.121. The third-order valence-corrected chi connectivity index (χ3v) is 6.70. The molecule has 0 bridgehead atoms. The van der Waals surface area contributed by atoms with Gasteiger partial charge in [0.1, 0.15) is 5.75 Å². The lowest BCUT2D eigenvalue weighted by Crippen LogP contribution is -2.41. The number of amides is 1. The quantitative estimate of drug-likeness (QED) is 0.138. The van der Waals surface area contributed by atoms with Crippen molar-refractivity contribution in [2.24, 2.45) is 0 Å². The first-order chi connectivity index (χ1) is 16.1. The minimum absolute atomic E-state index is 0.0647. The third kappa shape index (κ3) is 16.2. The molecule has 0 unspecified atom stereocenters. The fraction of sp³-hybridized carbons (Fsp3) is 0.704. The molecule has 4 nitrogen and oxygen atoms in total. The van der Waals surface area contributed by atoms with Gasteiger partial charge >= 0.3 is 0 Å². The van der Waals surface area contributed by atoms with Crippen LogP contribution in [0.15, 0.2) is 22.7 Å². The molecule has 0 atom stereocenters. The van der Waals surface area contributed by atoms with Crippen LogP contribution in [0.5, 0.6) is 5.75 Å². The number of aryl methyl sites for hydroxylation is 1. The summed E-state index contributed by atoms with van der Waals surface area (Å²) in [7, 11) is 0. The Bertz CT molecular complexity index is 670. The summed E-state index contributed by atoms with van der Waals surface area (Å²) in [4.78, 5) is 12.0. The number of hydrogen-bond donors (Lipinski definition) is 2. The Kier molecular flexibility index (Phi) is 18.3. The number of benzene rings is 1. The lowest BCUT2D eigenvalue weighted by Gasteiger charge is -2.11. The minimum atomic E-state index is -0.250. The van der Waals surface area contributed by atoms with Crippen LogP contribution in [0, 0.1) is 0 Å². The summed E-state index contributed by atoms with van der Waals surface area (Å²) >= 11 is 8.69. The Balaban J connectivity index is 1.93. The van der Waals surface area contributed by atoms with Gasteiger partial charge in [-0.2, -0.15) is 0 Å². The van der Waals surface area contributed by atoms with Crippen molar-refractivity contribution in [3.05, 3.63) is 28.2 Å². The molecule has 1 aromatic carbocycles. The second-order valence-electron chi connectivity index (χ2n) is 8.81. The molecular formula is C27H45BrN2O2S. The fourth-order valence-electron chi connectivity index (χ4n) is 3.75. The Morgan fingerprint density at radius 1 is 0.879 bits per heavy atom. The highest BCUT2D eigenvalue weighted by molar-refractivity contribution is 9.10. The second kappa shape index (κ2) is 20.3. The Hall–Kier alpha value is -1.14. The number of carbonyl (C=O) groups is 1. The Labute approximate surface area is 216 Å². The first-order valence-corrected chi connectivity index (χ1v) is 14.3. The summed E-state index contributed by atoms with van der Waals surface area (Å²) in [5.41, 5.74) is 1.22. The van der Waals surface area contributed by atoms with E-state index in [1.165, 1.54) is 89.0 Å². The van der Waals surface area contributed by atoms with Gasteiger partial charge in [-0.05, 0) is 58.7 Å². The zero-order valence-electron chi connectivity index (χ0n) is 20.9. The molecule has 0 saturated carbocycles. The maximum atomic E-state index is 12.0. The van der Waals surface area contributed by atoms with Crippen LogP contribution in [0.2, 0.25) is 0 Å². The van der Waals surface area contributed by atoms with Gasteiger partial charge in [-0.1, -0.05) is 103 Å². The zero-order chi connectivity index (χ0) is 24.2. The number of ether oxygens (including phenoxy) is 1. The summed E-state index contributed by atoms with van der Waals surface area (Å²) in [6, 6.07) is 5.89. The van der Waals surface area contributed by atoms with Gasteiger partial charge in [0.15, 0.2) is 11.7 Å². The van der Waals surface area contributed by atoms with E-state index in [4.69, 9.17) is 17.0 Å². The average Bonchev–Trinajstić information content (AvgIpc) is 2.80. The van der Waals surface area contributed by atoms with Crippen molar-refractivity contribution in [1.29, 1.82) is 0 Å². The van der Waals surface area contributed by atoms with Gasteiger partial charge in [-0.25, -0.2) is 0 Å². The molecule has 0 aliphatic heterocycles. The summed E-state index contributed by atoms with van der Waals surface area (Å²) < 4.78 is 6.44. The van der Waals surface area contributed by atoms with Crippen LogP contribution in [0.4, 0.5) is 0 Å². The number of rotatable bonds is 19. The SMILES string of the molecule is CCCCCCCCCCCCCCCCNC(=S)NC(=O)COc1ccc(CC)cc1Br. The van der Waals surface area contributed by atoms with Crippen molar-refractivity contribution in [3.8, 4) is 5.75 Å². The van der Waals surface area contributed by atoms with Gasteiger partial charge in [0.25, 0.3) is 5.91 Å². The summed E-state index contributed by atoms with van der Waals surface area (Å²) in [5.74, 6) is 0.406. The average molecular weight is 542 g/mol. The monoisotopic (exact) mass is 540 g/mol. The van der Waals surface area contributed by atoms with E-state index in [1.807, 2.05) is 18.2 Å². The van der Waals surface area contributed by atoms with Crippen LogP contribution in [0.3, 0.4) is 0 Å². The molecule has 0 heterocycles. The number of carbonyl (C=O) groups excluding carboxylic acids is 1. The summed E-state index contributed by atoms with van der Waals surface area (Å²) in [6.07, 6.45) is 19.8. The summed E-state index contributed by atoms with van der Waals surface area (Å²) in [6.45, 7) is 5.10. The topological polar surface area (TPSA) is 50.4 Å². The van der Waals surface area contributed by atoms with Gasteiger partial charge < -0.3 is 15.4 Å². The van der Waals surface area contributed by atoms with E-state index < -0.39 is 0 Å². The fourth-order valence-corrected chi connectivity index (χ4v) is 4.51. The molecule has 0 spiro atoms. The smallest absolute Gasteiger partial charge is 0.264 e. The molecule has 0 saturated heterocycles. The highest BCUT2D eigenvalue weighted by Gasteiger charge is 2.08. The van der Waals surface area contributed by atoms with E-state index >= 15 is 0 Å². The molecule has 33 heavy (non-hydrogen) atoms. The molecule has 0 radical (unpaired) electrons. The maximum absolute atomic E-state index is 12.0. The Morgan fingerprint density at radius 3 is 1.94 bits per heavy atom. The molecule has 0 aliphatic rings. The highest BCUT2D eigenvalue weighted by atomic mass is 79.9. The molecule has 0 aromatic heterocycles. The van der Waals surface area contributed by atoms with E-state index in [2.05, 4.69) is 40.4 Å². The van der Waals surface area contributed by atoms with Crippen molar-refractivity contribution in [1.82, 2.24) is 10.6 Å². The van der Waals surface area contributed by atoms with E-state index in [0.717, 1.165) is 23.9 Å². The van der Waals surface area contributed by atoms with Crippen LogP contribution in [-0.2, 0) is 11.2 Å². The predicted octanol–water partition coefficient (Wildman–Crippen LogP) is 7.86. The van der Waals surface area contributed by atoms with Crippen LogP contribution in [0.25, 0.3) is 0 Å². The van der Waals surface area contributed by atoms with Crippen molar-refractivity contribution in [2.45, 2.75) is 110 Å². The highest BCUT2D eigenvalue weighted by Crippen LogP contribution is 2.26. The lowest BCUT2D eigenvalue weighted by atomic mass is 10.0. The van der Waals surface area contributed by atoms with Gasteiger partial charge in [-0.15, -0.1) is 0 Å². The first kappa shape index (κ1) is 29.9. The van der Waals surface area contributed by atoms with E-state index in [9.17, 15) is 4.79 Å².